The molecule has 12 heterocycles. The van der Waals surface area contributed by atoms with Gasteiger partial charge in [0.2, 0.25) is 5.95 Å². The van der Waals surface area contributed by atoms with Crippen molar-refractivity contribution in [3.8, 4) is 69.1 Å². The smallest absolute Gasteiger partial charge is 0.407 e. The maximum absolute atomic E-state index is 12.5. The summed E-state index contributed by atoms with van der Waals surface area (Å²) in [6.07, 6.45) is 32.9. The second-order valence-electron chi connectivity index (χ2n) is 30.7. The zero-order valence-corrected chi connectivity index (χ0v) is 69.1. The van der Waals surface area contributed by atoms with E-state index in [1.165, 1.54) is 62.7 Å². The number of hydrogen-bond acceptors (Lipinski definition) is 27. The van der Waals surface area contributed by atoms with Gasteiger partial charge in [-0.1, -0.05) is 17.8 Å². The van der Waals surface area contributed by atoms with E-state index in [1.54, 1.807) is 69.0 Å². The third-order valence-corrected chi connectivity index (χ3v) is 23.6. The number of halogens is 1. The van der Waals surface area contributed by atoms with Crippen molar-refractivity contribution in [1.82, 2.24) is 96.0 Å². The minimum Gasteiger partial charge on any atom is -0.444 e. The van der Waals surface area contributed by atoms with Gasteiger partial charge in [-0.25, -0.2) is 57.6 Å². The van der Waals surface area contributed by atoms with Gasteiger partial charge in [0.05, 0.1) is 54.6 Å². The number of aromatic amines is 4. The van der Waals surface area contributed by atoms with Gasteiger partial charge < -0.3 is 52.0 Å². The number of carbonyl (C=O) groups is 2. The summed E-state index contributed by atoms with van der Waals surface area (Å²) in [6.45, 7) is 18.6. The number of nitrogens with two attached hydrogens (primary N) is 1. The van der Waals surface area contributed by atoms with Gasteiger partial charge in [-0.15, -0.1) is 53.3 Å². The highest BCUT2D eigenvalue weighted by atomic mass is 79.9. The van der Waals surface area contributed by atoms with Crippen LogP contribution in [0.15, 0.2) is 94.1 Å². The van der Waals surface area contributed by atoms with E-state index in [4.69, 9.17) is 34.5 Å². The quantitative estimate of drug-likeness (QED) is 0.0280. The Balaban J connectivity index is 0.000000284. The molecular formula is C78H104BrN25O6S4. The molecule has 0 aromatic carbocycles. The topological polar surface area (TPSA) is 418 Å². The van der Waals surface area contributed by atoms with Crippen molar-refractivity contribution < 1.29 is 38.9 Å². The first-order valence-electron chi connectivity index (χ1n) is 37.0. The van der Waals surface area contributed by atoms with Crippen molar-refractivity contribution in [2.45, 2.75) is 184 Å². The lowest BCUT2D eigenvalue weighted by Gasteiger charge is -2.22. The molecule has 16 rings (SSSR count). The third kappa shape index (κ3) is 22.4. The average molecular weight is 1700 g/mol. The number of sulfonamides is 1. The number of aromatic nitrogens is 16. The molecule has 0 radical (unpaired) electrons. The zero-order chi connectivity index (χ0) is 80.6. The molecule has 5 fully saturated rings. The van der Waals surface area contributed by atoms with Crippen molar-refractivity contribution >= 4 is 125 Å². The molecule has 13 N–H and O–H groups in total. The van der Waals surface area contributed by atoms with E-state index in [2.05, 4.69) is 151 Å². The van der Waals surface area contributed by atoms with Crippen molar-refractivity contribution in [2.75, 3.05) is 39.3 Å². The Morgan fingerprint density at radius 2 is 0.956 bits per heavy atom. The summed E-state index contributed by atoms with van der Waals surface area (Å²) in [6, 6.07) is 19.1. The molecule has 11 aromatic heterocycles. The van der Waals surface area contributed by atoms with Crippen LogP contribution in [0.2, 0.25) is 0 Å². The highest BCUT2D eigenvalue weighted by molar-refractivity contribution is 9.10. The molecule has 4 saturated carbocycles. The second kappa shape index (κ2) is 34.7. The van der Waals surface area contributed by atoms with Gasteiger partial charge in [-0.2, -0.15) is 25.4 Å². The first-order valence-corrected chi connectivity index (χ1v) is 41.8. The molecule has 31 nitrogen and oxygen atoms in total. The van der Waals surface area contributed by atoms with Crippen molar-refractivity contribution in [3.05, 3.63) is 139 Å². The maximum atomic E-state index is 12.5. The van der Waals surface area contributed by atoms with E-state index in [9.17, 15) is 18.0 Å². The van der Waals surface area contributed by atoms with Crippen molar-refractivity contribution in [2.24, 2.45) is 5.73 Å². The highest BCUT2D eigenvalue weighted by Gasteiger charge is 2.32. The molecule has 4 aliphatic carbocycles. The third-order valence-electron chi connectivity index (χ3n) is 17.5. The van der Waals surface area contributed by atoms with E-state index in [0.717, 1.165) is 66.6 Å². The molecule has 114 heavy (non-hydrogen) atoms. The first-order chi connectivity index (χ1) is 54.5. The monoisotopic (exact) mass is 1690 g/mol. The Bertz CT molecular complexity index is 5550. The summed E-state index contributed by atoms with van der Waals surface area (Å²) in [7, 11) is -3.60. The van der Waals surface area contributed by atoms with Crippen LogP contribution >= 0.6 is 49.9 Å². The summed E-state index contributed by atoms with van der Waals surface area (Å²) in [4.78, 5) is 66.3. The highest BCUT2D eigenvalue weighted by Crippen LogP contribution is 2.44. The molecule has 0 bridgehead atoms. The van der Waals surface area contributed by atoms with Crippen LogP contribution in [0.25, 0.3) is 32.1 Å². The van der Waals surface area contributed by atoms with E-state index in [-0.39, 0.29) is 21.7 Å². The molecule has 1 aliphatic heterocycles. The van der Waals surface area contributed by atoms with Crippen LogP contribution in [0.1, 0.15) is 204 Å². The van der Waals surface area contributed by atoms with E-state index < -0.39 is 39.0 Å². The molecule has 0 unspecified atom stereocenters. The lowest BCUT2D eigenvalue weighted by Crippen LogP contribution is -2.40. The van der Waals surface area contributed by atoms with Crippen LogP contribution < -0.4 is 47.3 Å². The van der Waals surface area contributed by atoms with Gasteiger partial charge in [0.1, 0.15) is 21.2 Å². The van der Waals surface area contributed by atoms with Gasteiger partial charge in [-0.3, -0.25) is 20.4 Å². The number of amides is 2. The average Bonchev–Trinajstić information content (AvgIpc) is 1.64. The van der Waals surface area contributed by atoms with Crippen LogP contribution in [0, 0.1) is 37.0 Å². The van der Waals surface area contributed by atoms with Crippen LogP contribution in [-0.4, -0.2) is 137 Å². The number of terminal acetylenes is 3. The normalized spacial score (nSPS) is 15.3. The van der Waals surface area contributed by atoms with Gasteiger partial charge >= 0.3 is 12.2 Å². The molecule has 1 saturated heterocycles. The number of ether oxygens (including phenoxy) is 2. The molecule has 0 spiro atoms. The Hall–Kier alpha value is -11.2. The number of nitrogens with one attached hydrogen (secondary N) is 11. The SMILES string of the molecule is C#Cc1cnc(-c2ccc(CN)s2)nc1Nc1cc(C2CC2)[nH]n1.C#Cc1cnc(-c2ccc(CNC(=O)OC(C)(C)C)s2)nc1Nc1cc(C2CC2)[nH]n1.C#Cc1cnc(N2CC[C@H](NC(=O)OC(C)(C)C)C2)nc1Nc1cc(C2CC2)[nH]n1.CC(C)(C)NS(=O)(=O)c1ccc(-c2ncc(Br)c(Nc3cc(C4CC4)[nH]n3)n2)s1.[HH].[HH].[HH].[HH].[HH].[HH].[HH].[HH]. The Morgan fingerprint density at radius 1 is 0.553 bits per heavy atom. The zero-order valence-electron chi connectivity index (χ0n) is 64.2. The van der Waals surface area contributed by atoms with Gasteiger partial charge in [0.15, 0.2) is 58.2 Å². The van der Waals surface area contributed by atoms with Crippen LogP contribution in [-0.2, 0) is 32.6 Å². The first kappa shape index (κ1) is 80.9. The Kier molecular flexibility index (Phi) is 24.6. The lowest BCUT2D eigenvalue weighted by molar-refractivity contribution is 0.0502. The minimum absolute atomic E-state index is 0. The number of hydrogen-bond donors (Lipinski definition) is 12. The van der Waals surface area contributed by atoms with Gasteiger partial charge in [0, 0.05) is 136 Å². The summed E-state index contributed by atoms with van der Waals surface area (Å²) in [5.41, 5.74) is 10.3. The summed E-state index contributed by atoms with van der Waals surface area (Å²) in [5, 5.41) is 47.9. The van der Waals surface area contributed by atoms with E-state index >= 15 is 0 Å². The fourth-order valence-corrected chi connectivity index (χ4v) is 16.1. The van der Waals surface area contributed by atoms with Crippen molar-refractivity contribution in [1.29, 1.82) is 0 Å². The molecule has 11 aromatic rings. The van der Waals surface area contributed by atoms with Gasteiger partial charge in [0.25, 0.3) is 10.0 Å². The molecule has 5 aliphatic rings. The Labute approximate surface area is 692 Å². The number of H-pyrrole nitrogens is 4. The number of alkyl carbamates (subject to hydrolysis) is 2. The predicted octanol–water partition coefficient (Wildman–Crippen LogP) is 16.8. The standard InChI is InChI=1S/C22H24N6O2S.C21H27N7O2.C18H21BrN6O2S2.C17H16N6S.8H2/c1-5-13-11-23-20(26-19(13)25-18-10-16(27-28-18)14-6-7-14)17-9-8-15(31-17)12-24-21(29)30-22(2,3)4;1-5-13-11-22-19(25-18(13)24-17-10-16(26-27-17)14-6-7-14)28-9-8-15(12-28)23-20(29)30-21(2,3)4;1-18(2,3)25-29(26,27)15-7-6-13(28-15)17-20-9-11(19)16(22-17)21-14-8-12(23-24-14)10-4-5-10;1-2-10-9-19-17(14-6-5-12(8-18)24-14)21-16(10)20-15-7-13(22-23-15)11-3-4-11;;;;;;;;/h1,8-11,14H,6-7,12H2,2-4H3,(H,24,29)(H2,23,25,26,27,28);1,10-11,14-15H,6-9,12H2,2-4H3,(H,23,29)(H2,22,24,25,26,27);6-10,25H,4-5H2,1-3H3,(H2,20,21,22,23,24);1,5-7,9,11H,3-4,8,18H2,(H2,19,20,21,22,23);8*1H/t;15-;;;;;;;;;;/m.0........../s1. The molecule has 2 amide bonds. The molecule has 608 valence electrons. The number of carbonyl (C=O) groups excluding carboxylic acids is 2. The van der Waals surface area contributed by atoms with Crippen LogP contribution in [0.4, 0.5) is 62.1 Å². The fourth-order valence-electron chi connectivity index (χ4n) is 11.5. The minimum atomic E-state index is -3.60. The van der Waals surface area contributed by atoms with Crippen LogP contribution in [0.5, 0.6) is 0 Å². The number of anilines is 9. The summed E-state index contributed by atoms with van der Waals surface area (Å²) in [5.74, 6) is 17.3. The largest absolute Gasteiger partial charge is 0.444 e. The molecular weight excluding hydrogens is 1590 g/mol. The van der Waals surface area contributed by atoms with E-state index in [1.807, 2.05) is 95.0 Å². The maximum Gasteiger partial charge on any atom is 0.407 e. The lowest BCUT2D eigenvalue weighted by atomic mass is 10.1. The van der Waals surface area contributed by atoms with E-state index in [0.29, 0.717) is 139 Å². The fraction of sp³-hybridized carbons (Fsp3) is 0.385. The number of rotatable bonds is 22. The predicted molar refractivity (Wildman–Crippen MR) is 463 cm³/mol. The molecule has 36 heteroatoms. The summed E-state index contributed by atoms with van der Waals surface area (Å²) < 4.78 is 39.3. The molecule has 1 atom stereocenters. The number of thiophene rings is 3. The number of nitrogens with zero attached hydrogens (tertiary/aromatic N) is 13. The van der Waals surface area contributed by atoms with Crippen LogP contribution in [0.3, 0.4) is 0 Å². The van der Waals surface area contributed by atoms with Crippen molar-refractivity contribution in [3.63, 3.8) is 0 Å². The summed E-state index contributed by atoms with van der Waals surface area (Å²) >= 11 is 7.65. The van der Waals surface area contributed by atoms with Gasteiger partial charge in [-0.05, 0) is 172 Å². The Morgan fingerprint density at radius 3 is 1.39 bits per heavy atom. The second-order valence-corrected chi connectivity index (χ2v) is 36.9.